The molecule has 38 heavy (non-hydrogen) atoms. The molecule has 1 aliphatic heterocycles. The van der Waals surface area contributed by atoms with Crippen LogP contribution in [0.5, 0.6) is 5.75 Å². The number of nitrogens with zero attached hydrogens (tertiary/aromatic N) is 2. The number of carbonyl (C=O) groups is 3. The zero-order valence-electron chi connectivity index (χ0n) is 21.1. The van der Waals surface area contributed by atoms with Crippen molar-refractivity contribution in [2.75, 3.05) is 40.3 Å². The first-order chi connectivity index (χ1) is 17.9. The number of rotatable bonds is 8. The summed E-state index contributed by atoms with van der Waals surface area (Å²) in [6, 6.07) is 13.2. The second-order valence-electron chi connectivity index (χ2n) is 8.84. The van der Waals surface area contributed by atoms with Crippen molar-refractivity contribution in [2.24, 2.45) is 5.92 Å². The summed E-state index contributed by atoms with van der Waals surface area (Å²) in [5, 5.41) is 10.1. The predicted molar refractivity (Wildman–Crippen MR) is 131 cm³/mol. The Morgan fingerprint density at radius 3 is 2.11 bits per heavy atom. The Labute approximate surface area is 218 Å². The Hall–Kier alpha value is -3.67. The van der Waals surface area contributed by atoms with Crippen LogP contribution in [-0.2, 0) is 11.3 Å². The largest absolute Gasteiger partial charge is 0.497 e. The van der Waals surface area contributed by atoms with Gasteiger partial charge in [0.1, 0.15) is 11.6 Å². The van der Waals surface area contributed by atoms with Gasteiger partial charge in [0.25, 0.3) is 0 Å². The minimum absolute atomic E-state index is 0.00785. The van der Waals surface area contributed by atoms with Crippen LogP contribution in [0.3, 0.4) is 0 Å². The van der Waals surface area contributed by atoms with Gasteiger partial charge in [-0.05, 0) is 73.8 Å². The number of methoxy groups -OCH3 is 1. The zero-order chi connectivity index (χ0) is 28.3. The number of ketones is 1. The molecule has 3 rings (SSSR count). The third-order valence-corrected chi connectivity index (χ3v) is 5.96. The minimum Gasteiger partial charge on any atom is -0.497 e. The molecular formula is C26H31F4N3O5. The smallest absolute Gasteiger partial charge is 0.490 e. The molecule has 2 amide bonds. The summed E-state index contributed by atoms with van der Waals surface area (Å²) in [7, 11) is 3.44. The van der Waals surface area contributed by atoms with Gasteiger partial charge in [-0.1, -0.05) is 12.1 Å². The summed E-state index contributed by atoms with van der Waals surface area (Å²) in [5.74, 6) is -1.89. The van der Waals surface area contributed by atoms with Crippen LogP contribution in [0.2, 0.25) is 0 Å². The number of hydrogen-bond donors (Lipinski definition) is 2. The summed E-state index contributed by atoms with van der Waals surface area (Å²) in [5.41, 5.74) is 1.55. The van der Waals surface area contributed by atoms with E-state index in [-0.39, 0.29) is 17.6 Å². The maximum absolute atomic E-state index is 13.0. The highest BCUT2D eigenvalue weighted by Crippen LogP contribution is 2.19. The molecule has 208 valence electrons. The number of nitrogens with one attached hydrogen (secondary N) is 1. The standard InChI is InChI=1S/C24H30FN3O3.C2HF3O2/c1-27(24(30)26-15-18-3-9-22(31-2)10-4-18)16-19-11-13-28(14-12-19)17-23(29)20-5-7-21(25)8-6-20;3-2(4,5)1(6)7/h3-10,19H,11-17H2,1-2H3,(H,26,30);(H,6,7). The van der Waals surface area contributed by atoms with Gasteiger partial charge in [0.2, 0.25) is 0 Å². The highest BCUT2D eigenvalue weighted by atomic mass is 19.4. The summed E-state index contributed by atoms with van der Waals surface area (Å²) in [6.45, 7) is 3.14. The zero-order valence-corrected chi connectivity index (χ0v) is 21.1. The van der Waals surface area contributed by atoms with Crippen LogP contribution in [0.15, 0.2) is 48.5 Å². The fourth-order valence-electron chi connectivity index (χ4n) is 3.78. The molecule has 0 spiro atoms. The van der Waals surface area contributed by atoms with Crippen LogP contribution in [-0.4, -0.2) is 79.2 Å². The number of likely N-dealkylation sites (tertiary alicyclic amines) is 1. The van der Waals surface area contributed by atoms with Crippen LogP contribution in [0, 0.1) is 11.7 Å². The van der Waals surface area contributed by atoms with Crippen molar-refractivity contribution in [1.29, 1.82) is 0 Å². The number of Topliss-reactive ketones (excluding diaryl/α,β-unsaturated/α-hetero) is 1. The number of ether oxygens (including phenoxy) is 1. The molecule has 0 saturated carbocycles. The molecule has 1 aliphatic rings. The SMILES string of the molecule is COc1ccc(CNC(=O)N(C)CC2CCN(CC(=O)c3ccc(F)cc3)CC2)cc1.O=C(O)C(F)(F)F. The number of alkyl halides is 3. The van der Waals surface area contributed by atoms with Crippen LogP contribution in [0.4, 0.5) is 22.4 Å². The van der Waals surface area contributed by atoms with Gasteiger partial charge in [0, 0.05) is 25.7 Å². The van der Waals surface area contributed by atoms with Gasteiger partial charge in [0.15, 0.2) is 5.78 Å². The number of urea groups is 1. The van der Waals surface area contributed by atoms with E-state index >= 15 is 0 Å². The average Bonchev–Trinajstić information content (AvgIpc) is 2.88. The van der Waals surface area contributed by atoms with Gasteiger partial charge in [-0.3, -0.25) is 9.69 Å². The number of carboxylic acids is 1. The van der Waals surface area contributed by atoms with E-state index in [0.29, 0.717) is 31.1 Å². The Bertz CT molecular complexity index is 1050. The van der Waals surface area contributed by atoms with Crippen molar-refractivity contribution in [3.8, 4) is 5.75 Å². The van der Waals surface area contributed by atoms with E-state index in [1.54, 1.807) is 12.0 Å². The van der Waals surface area contributed by atoms with Gasteiger partial charge < -0.3 is 20.1 Å². The molecule has 1 saturated heterocycles. The lowest BCUT2D eigenvalue weighted by molar-refractivity contribution is -0.192. The Morgan fingerprint density at radius 1 is 1.05 bits per heavy atom. The first-order valence-corrected chi connectivity index (χ1v) is 11.8. The number of carboxylic acid groups (broad SMARTS) is 1. The van der Waals surface area contributed by atoms with Crippen LogP contribution < -0.4 is 10.1 Å². The van der Waals surface area contributed by atoms with Crippen LogP contribution in [0.1, 0.15) is 28.8 Å². The molecule has 8 nitrogen and oxygen atoms in total. The Morgan fingerprint density at radius 2 is 1.61 bits per heavy atom. The highest BCUT2D eigenvalue weighted by molar-refractivity contribution is 5.97. The van der Waals surface area contributed by atoms with E-state index in [0.717, 1.165) is 37.2 Å². The summed E-state index contributed by atoms with van der Waals surface area (Å²) >= 11 is 0. The van der Waals surface area contributed by atoms with Crippen molar-refractivity contribution >= 4 is 17.8 Å². The molecule has 0 aromatic heterocycles. The molecule has 2 N–H and O–H groups in total. The minimum atomic E-state index is -5.08. The molecular weight excluding hydrogens is 510 g/mol. The molecule has 1 fully saturated rings. The van der Waals surface area contributed by atoms with Crippen molar-refractivity contribution in [2.45, 2.75) is 25.6 Å². The van der Waals surface area contributed by atoms with Gasteiger partial charge in [-0.15, -0.1) is 0 Å². The van der Waals surface area contributed by atoms with Crippen molar-refractivity contribution in [1.82, 2.24) is 15.1 Å². The van der Waals surface area contributed by atoms with Crippen molar-refractivity contribution < 1.29 is 41.8 Å². The number of halogens is 4. The third-order valence-electron chi connectivity index (χ3n) is 5.96. The van der Waals surface area contributed by atoms with Crippen molar-refractivity contribution in [3.63, 3.8) is 0 Å². The second-order valence-corrected chi connectivity index (χ2v) is 8.84. The van der Waals surface area contributed by atoms with E-state index in [2.05, 4.69) is 10.2 Å². The van der Waals surface area contributed by atoms with Gasteiger partial charge in [0.05, 0.1) is 13.7 Å². The lowest BCUT2D eigenvalue weighted by Crippen LogP contribution is -2.43. The summed E-state index contributed by atoms with van der Waals surface area (Å²) < 4.78 is 49.9. The molecule has 0 atom stereocenters. The number of carbonyl (C=O) groups excluding carboxylic acids is 2. The summed E-state index contributed by atoms with van der Waals surface area (Å²) in [4.78, 5) is 37.5. The number of amides is 2. The molecule has 1 heterocycles. The van der Waals surface area contributed by atoms with Crippen molar-refractivity contribution in [3.05, 3.63) is 65.5 Å². The van der Waals surface area contributed by atoms with E-state index in [1.807, 2.05) is 31.3 Å². The average molecular weight is 542 g/mol. The van der Waals surface area contributed by atoms with Gasteiger partial charge in [-0.25, -0.2) is 14.0 Å². The third kappa shape index (κ3) is 10.4. The molecule has 2 aromatic rings. The number of aliphatic carboxylic acids is 1. The topological polar surface area (TPSA) is 99.2 Å². The Balaban J connectivity index is 0.000000638. The quantitative estimate of drug-likeness (QED) is 0.384. The van der Waals surface area contributed by atoms with Gasteiger partial charge >= 0.3 is 18.2 Å². The molecule has 0 aliphatic carbocycles. The molecule has 12 heteroatoms. The lowest BCUT2D eigenvalue weighted by atomic mass is 9.96. The fourth-order valence-corrected chi connectivity index (χ4v) is 3.78. The van der Waals surface area contributed by atoms with E-state index in [9.17, 15) is 27.2 Å². The molecule has 0 radical (unpaired) electrons. The molecule has 0 unspecified atom stereocenters. The molecule has 2 aromatic carbocycles. The van der Waals surface area contributed by atoms with Gasteiger partial charge in [-0.2, -0.15) is 13.2 Å². The number of piperidine rings is 1. The van der Waals surface area contributed by atoms with E-state index < -0.39 is 12.1 Å². The van der Waals surface area contributed by atoms with E-state index in [4.69, 9.17) is 14.6 Å². The number of benzene rings is 2. The second kappa shape index (κ2) is 14.3. The monoisotopic (exact) mass is 541 g/mol. The predicted octanol–water partition coefficient (Wildman–Crippen LogP) is 4.20. The number of hydrogen-bond acceptors (Lipinski definition) is 5. The highest BCUT2D eigenvalue weighted by Gasteiger charge is 2.38. The van der Waals surface area contributed by atoms with Crippen LogP contribution >= 0.6 is 0 Å². The summed E-state index contributed by atoms with van der Waals surface area (Å²) in [6.07, 6.45) is -3.21. The van der Waals surface area contributed by atoms with E-state index in [1.165, 1.54) is 24.3 Å². The first kappa shape index (κ1) is 30.6. The maximum Gasteiger partial charge on any atom is 0.490 e. The Kier molecular flexibility index (Phi) is 11.5. The normalized spacial score (nSPS) is 14.2. The first-order valence-electron chi connectivity index (χ1n) is 11.8. The molecule has 0 bridgehead atoms. The van der Waals surface area contributed by atoms with Crippen LogP contribution in [0.25, 0.3) is 0 Å². The maximum atomic E-state index is 13.0. The fraction of sp³-hybridized carbons (Fsp3) is 0.423. The lowest BCUT2D eigenvalue weighted by Gasteiger charge is -2.33.